The van der Waals surface area contributed by atoms with Crippen molar-refractivity contribution >= 4 is 44.1 Å². The first-order chi connectivity index (χ1) is 11.7. The lowest BCUT2D eigenvalue weighted by Crippen LogP contribution is -2.26. The third-order valence-electron chi connectivity index (χ3n) is 4.31. The van der Waals surface area contributed by atoms with E-state index in [9.17, 15) is 0 Å². The summed E-state index contributed by atoms with van der Waals surface area (Å²) < 4.78 is 1.26. The SMILES string of the molecule is Cc1nc2cc(/C=C/CN3CCc4nc(N)sc4CC3)ccc2s1. The number of thiazole rings is 2. The van der Waals surface area contributed by atoms with Gasteiger partial charge in [0.05, 0.1) is 20.9 Å². The normalized spacial score (nSPS) is 15.9. The molecule has 0 bridgehead atoms. The van der Waals surface area contributed by atoms with E-state index in [1.165, 1.54) is 20.8 Å². The summed E-state index contributed by atoms with van der Waals surface area (Å²) >= 11 is 3.39. The summed E-state index contributed by atoms with van der Waals surface area (Å²) in [6.07, 6.45) is 6.51. The third kappa shape index (κ3) is 3.36. The Hall–Kier alpha value is -1.76. The van der Waals surface area contributed by atoms with Gasteiger partial charge in [-0.25, -0.2) is 9.97 Å². The molecule has 0 spiro atoms. The number of aryl methyl sites for hydroxylation is 1. The molecule has 0 radical (unpaired) electrons. The van der Waals surface area contributed by atoms with Gasteiger partial charge in [-0.3, -0.25) is 4.90 Å². The van der Waals surface area contributed by atoms with Gasteiger partial charge in [-0.2, -0.15) is 0 Å². The first-order valence-corrected chi connectivity index (χ1v) is 9.81. The van der Waals surface area contributed by atoms with E-state index in [1.54, 1.807) is 22.7 Å². The molecule has 2 N–H and O–H groups in total. The highest BCUT2D eigenvalue weighted by Crippen LogP contribution is 2.25. The van der Waals surface area contributed by atoms with Gasteiger partial charge < -0.3 is 5.73 Å². The Morgan fingerprint density at radius 2 is 2.08 bits per heavy atom. The Balaban J connectivity index is 1.39. The third-order valence-corrected chi connectivity index (χ3v) is 6.25. The first kappa shape index (κ1) is 15.7. The molecule has 4 nitrogen and oxygen atoms in total. The van der Waals surface area contributed by atoms with E-state index < -0.39 is 0 Å². The molecule has 3 aromatic rings. The highest BCUT2D eigenvalue weighted by atomic mass is 32.1. The molecule has 0 saturated carbocycles. The number of nitrogen functional groups attached to an aromatic ring is 1. The molecule has 3 heterocycles. The number of hydrogen-bond acceptors (Lipinski definition) is 6. The van der Waals surface area contributed by atoms with E-state index >= 15 is 0 Å². The zero-order valence-electron chi connectivity index (χ0n) is 13.7. The quantitative estimate of drug-likeness (QED) is 0.776. The predicted molar refractivity (Wildman–Crippen MR) is 104 cm³/mol. The van der Waals surface area contributed by atoms with Crippen LogP contribution in [0.4, 0.5) is 5.13 Å². The number of benzene rings is 1. The maximum Gasteiger partial charge on any atom is 0.180 e. The molecule has 0 unspecified atom stereocenters. The van der Waals surface area contributed by atoms with Crippen molar-refractivity contribution in [1.29, 1.82) is 0 Å². The Bertz CT molecular complexity index is 868. The van der Waals surface area contributed by atoms with Crippen LogP contribution in [0.25, 0.3) is 16.3 Å². The van der Waals surface area contributed by atoms with Crippen molar-refractivity contribution in [2.24, 2.45) is 0 Å². The average molecular weight is 357 g/mol. The zero-order chi connectivity index (χ0) is 16.5. The van der Waals surface area contributed by atoms with Gasteiger partial charge in [-0.05, 0) is 31.0 Å². The molecule has 0 fully saturated rings. The fourth-order valence-corrected chi connectivity index (χ4v) is 4.79. The Labute approximate surface area is 149 Å². The van der Waals surface area contributed by atoms with E-state index in [2.05, 4.69) is 52.1 Å². The predicted octanol–water partition coefficient (Wildman–Crippen LogP) is 3.76. The molecule has 24 heavy (non-hydrogen) atoms. The Morgan fingerprint density at radius 1 is 1.21 bits per heavy atom. The van der Waals surface area contributed by atoms with Gasteiger partial charge in [0.25, 0.3) is 0 Å². The maximum absolute atomic E-state index is 5.81. The van der Waals surface area contributed by atoms with E-state index in [0.29, 0.717) is 5.13 Å². The van der Waals surface area contributed by atoms with Crippen molar-refractivity contribution < 1.29 is 0 Å². The van der Waals surface area contributed by atoms with Gasteiger partial charge in [0.1, 0.15) is 0 Å². The van der Waals surface area contributed by atoms with Crippen molar-refractivity contribution in [3.05, 3.63) is 45.4 Å². The summed E-state index contributed by atoms with van der Waals surface area (Å²) in [7, 11) is 0. The molecule has 1 aliphatic heterocycles. The van der Waals surface area contributed by atoms with E-state index in [-0.39, 0.29) is 0 Å². The Morgan fingerprint density at radius 3 is 3.00 bits per heavy atom. The van der Waals surface area contributed by atoms with Gasteiger partial charge in [0.2, 0.25) is 0 Å². The fourth-order valence-electron chi connectivity index (χ4n) is 3.11. The zero-order valence-corrected chi connectivity index (χ0v) is 15.3. The number of nitrogens with zero attached hydrogens (tertiary/aromatic N) is 3. The number of nitrogens with two attached hydrogens (primary N) is 1. The smallest absolute Gasteiger partial charge is 0.180 e. The van der Waals surface area contributed by atoms with Gasteiger partial charge in [-0.15, -0.1) is 22.7 Å². The van der Waals surface area contributed by atoms with Gasteiger partial charge in [0, 0.05) is 30.9 Å². The minimum atomic E-state index is 0.709. The summed E-state index contributed by atoms with van der Waals surface area (Å²) in [4.78, 5) is 12.9. The molecule has 1 aromatic carbocycles. The van der Waals surface area contributed by atoms with Crippen LogP contribution in [0.5, 0.6) is 0 Å². The molecule has 0 saturated heterocycles. The van der Waals surface area contributed by atoms with Crippen LogP contribution in [-0.4, -0.2) is 34.5 Å². The van der Waals surface area contributed by atoms with Crippen LogP contribution in [0.3, 0.4) is 0 Å². The lowest BCUT2D eigenvalue weighted by molar-refractivity contribution is 0.318. The minimum absolute atomic E-state index is 0.709. The molecule has 0 aliphatic carbocycles. The average Bonchev–Trinajstić information content (AvgIpc) is 3.04. The molecule has 0 atom stereocenters. The topological polar surface area (TPSA) is 55.0 Å². The number of rotatable bonds is 3. The summed E-state index contributed by atoms with van der Waals surface area (Å²) in [5.41, 5.74) is 9.33. The number of fused-ring (bicyclic) bond motifs is 2. The largest absolute Gasteiger partial charge is 0.375 e. The van der Waals surface area contributed by atoms with Crippen molar-refractivity contribution in [3.63, 3.8) is 0 Å². The molecule has 0 amide bonds. The lowest BCUT2D eigenvalue weighted by atomic mass is 10.2. The van der Waals surface area contributed by atoms with Crippen LogP contribution >= 0.6 is 22.7 Å². The molecule has 6 heteroatoms. The standard InChI is InChI=1S/C18H20N4S2/c1-12-20-15-11-13(4-5-16(15)23-12)3-2-8-22-9-6-14-17(7-10-22)24-18(19)21-14/h2-5,11H,6-10H2,1H3,(H2,19,21)/b3-2+. The minimum Gasteiger partial charge on any atom is -0.375 e. The second-order valence-corrected chi connectivity index (χ2v) is 8.43. The first-order valence-electron chi connectivity index (χ1n) is 8.17. The second-order valence-electron chi connectivity index (χ2n) is 6.08. The number of anilines is 1. The van der Waals surface area contributed by atoms with Crippen molar-refractivity contribution in [3.8, 4) is 0 Å². The van der Waals surface area contributed by atoms with Gasteiger partial charge >= 0.3 is 0 Å². The van der Waals surface area contributed by atoms with Crippen LogP contribution in [0.1, 0.15) is 21.1 Å². The molecule has 1 aliphatic rings. The highest BCUT2D eigenvalue weighted by molar-refractivity contribution is 7.18. The maximum atomic E-state index is 5.81. The van der Waals surface area contributed by atoms with Crippen molar-refractivity contribution in [1.82, 2.24) is 14.9 Å². The van der Waals surface area contributed by atoms with Gasteiger partial charge in [0.15, 0.2) is 5.13 Å². The van der Waals surface area contributed by atoms with E-state index in [0.717, 1.165) is 43.0 Å². The highest BCUT2D eigenvalue weighted by Gasteiger charge is 2.16. The Kier molecular flexibility index (Phi) is 4.35. The summed E-state index contributed by atoms with van der Waals surface area (Å²) in [6, 6.07) is 6.50. The second kappa shape index (κ2) is 6.63. The summed E-state index contributed by atoms with van der Waals surface area (Å²) in [5.74, 6) is 0. The van der Waals surface area contributed by atoms with E-state index in [1.807, 2.05) is 0 Å². The van der Waals surface area contributed by atoms with Crippen LogP contribution in [-0.2, 0) is 12.8 Å². The number of hydrogen-bond donors (Lipinski definition) is 1. The fraction of sp³-hybridized carbons (Fsp3) is 0.333. The number of aromatic nitrogens is 2. The molecule has 124 valence electrons. The van der Waals surface area contributed by atoms with Crippen LogP contribution in [0.2, 0.25) is 0 Å². The summed E-state index contributed by atoms with van der Waals surface area (Å²) in [6.45, 7) is 5.15. The lowest BCUT2D eigenvalue weighted by Gasteiger charge is -2.17. The van der Waals surface area contributed by atoms with Crippen molar-refractivity contribution in [2.45, 2.75) is 19.8 Å². The molecular weight excluding hydrogens is 336 g/mol. The van der Waals surface area contributed by atoms with Crippen molar-refractivity contribution in [2.75, 3.05) is 25.4 Å². The van der Waals surface area contributed by atoms with Gasteiger partial charge in [-0.1, -0.05) is 18.2 Å². The molecule has 4 rings (SSSR count). The van der Waals surface area contributed by atoms with E-state index in [4.69, 9.17) is 5.73 Å². The molecular formula is C18H20N4S2. The summed E-state index contributed by atoms with van der Waals surface area (Å²) in [5, 5.41) is 1.83. The van der Waals surface area contributed by atoms with Crippen LogP contribution in [0.15, 0.2) is 24.3 Å². The monoisotopic (exact) mass is 356 g/mol. The van der Waals surface area contributed by atoms with Crippen LogP contribution < -0.4 is 5.73 Å². The molecule has 2 aromatic heterocycles. The van der Waals surface area contributed by atoms with Crippen LogP contribution in [0, 0.1) is 6.92 Å².